The fourth-order valence-corrected chi connectivity index (χ4v) is 5.48. The molecule has 0 amide bonds. The van der Waals surface area contributed by atoms with Gasteiger partial charge in [0.25, 0.3) is 0 Å². The lowest BCUT2D eigenvalue weighted by Crippen LogP contribution is -2.46. The summed E-state index contributed by atoms with van der Waals surface area (Å²) in [5, 5.41) is 1.41. The Kier molecular flexibility index (Phi) is 3.51. The Morgan fingerprint density at radius 2 is 2.00 bits per heavy atom. The van der Waals surface area contributed by atoms with Crippen LogP contribution in [-0.4, -0.2) is 28.8 Å². The third-order valence-corrected chi connectivity index (χ3v) is 6.70. The van der Waals surface area contributed by atoms with E-state index in [9.17, 15) is 4.79 Å². The molecule has 0 radical (unpaired) electrons. The van der Waals surface area contributed by atoms with Gasteiger partial charge in [0.05, 0.1) is 6.04 Å². The van der Waals surface area contributed by atoms with Crippen LogP contribution >= 0.6 is 0 Å². The van der Waals surface area contributed by atoms with E-state index in [0.717, 1.165) is 38.0 Å². The molecule has 3 heterocycles. The van der Waals surface area contributed by atoms with E-state index >= 15 is 0 Å². The molecule has 3 aliphatic rings. The van der Waals surface area contributed by atoms with Crippen molar-refractivity contribution in [3.63, 3.8) is 0 Å². The topological polar surface area (TPSA) is 36.1 Å². The van der Waals surface area contributed by atoms with Gasteiger partial charge < -0.3 is 4.98 Å². The molecule has 1 N–H and O–H groups in total. The molecule has 1 saturated heterocycles. The van der Waals surface area contributed by atoms with Gasteiger partial charge >= 0.3 is 0 Å². The predicted molar refractivity (Wildman–Crippen MR) is 96.0 cm³/mol. The first-order valence-corrected chi connectivity index (χ1v) is 9.65. The number of Topliss-reactive ketones (excluding diaryl/α,β-unsaturated/α-hetero) is 1. The molecule has 24 heavy (non-hydrogen) atoms. The zero-order chi connectivity index (χ0) is 16.1. The lowest BCUT2D eigenvalue weighted by atomic mass is 9.73. The van der Waals surface area contributed by atoms with Crippen molar-refractivity contribution in [2.75, 3.05) is 13.1 Å². The number of aromatic amines is 1. The van der Waals surface area contributed by atoms with Crippen molar-refractivity contribution in [2.24, 2.45) is 11.8 Å². The monoisotopic (exact) mass is 322 g/mol. The van der Waals surface area contributed by atoms with Gasteiger partial charge in [-0.2, -0.15) is 0 Å². The number of nitrogens with one attached hydrogen (secondary N) is 1. The highest BCUT2D eigenvalue weighted by atomic mass is 16.1. The van der Waals surface area contributed by atoms with Gasteiger partial charge in [-0.3, -0.25) is 9.69 Å². The zero-order valence-electron chi connectivity index (χ0n) is 14.3. The van der Waals surface area contributed by atoms with Gasteiger partial charge in [-0.05, 0) is 49.1 Å². The van der Waals surface area contributed by atoms with Gasteiger partial charge in [0.1, 0.15) is 5.78 Å². The van der Waals surface area contributed by atoms with Crippen LogP contribution in [0.3, 0.4) is 0 Å². The van der Waals surface area contributed by atoms with Crippen molar-refractivity contribution >= 4 is 16.7 Å². The van der Waals surface area contributed by atoms with Gasteiger partial charge in [-0.25, -0.2) is 0 Å². The molecule has 1 aliphatic carbocycles. The maximum atomic E-state index is 12.2. The molecule has 0 spiro atoms. The van der Waals surface area contributed by atoms with Crippen LogP contribution in [0.1, 0.15) is 55.8 Å². The summed E-state index contributed by atoms with van der Waals surface area (Å²) in [5.41, 5.74) is 4.25. The van der Waals surface area contributed by atoms with Gasteiger partial charge in [-0.1, -0.05) is 24.6 Å². The summed E-state index contributed by atoms with van der Waals surface area (Å²) in [7, 11) is 0. The number of piperidine rings is 1. The minimum absolute atomic E-state index is 0.495. The van der Waals surface area contributed by atoms with Crippen molar-refractivity contribution in [1.82, 2.24) is 9.88 Å². The SMILES string of the molecule is O=C1CCCC[C@@H]2CN3CCc4c([nH]c5ccccc45)[C@@H]3CC2C1. The Hall–Kier alpha value is -1.61. The first-order chi connectivity index (χ1) is 11.8. The third kappa shape index (κ3) is 2.33. The smallest absolute Gasteiger partial charge is 0.133 e. The summed E-state index contributed by atoms with van der Waals surface area (Å²) >= 11 is 0. The minimum atomic E-state index is 0.495. The second-order valence-electron chi connectivity index (χ2n) is 8.07. The standard InChI is InChI=1S/C21H26N2O/c24-16-6-2-1-5-14-13-23-10-9-18-17-7-3-4-8-19(17)22-21(18)20(23)12-15(14)11-16/h3-4,7-8,14-15,20,22H,1-2,5-6,9-13H2/t14-,15?,20+/m1/s1. The molecule has 5 rings (SSSR count). The van der Waals surface area contributed by atoms with Crippen LogP contribution in [0.4, 0.5) is 0 Å². The number of ketones is 1. The van der Waals surface area contributed by atoms with E-state index in [1.54, 1.807) is 0 Å². The fraction of sp³-hybridized carbons (Fsp3) is 0.571. The lowest BCUT2D eigenvalue weighted by Gasteiger charge is -2.47. The molecule has 1 aromatic heterocycles. The highest BCUT2D eigenvalue weighted by Gasteiger charge is 2.40. The number of rotatable bonds is 0. The van der Waals surface area contributed by atoms with Crippen molar-refractivity contribution in [2.45, 2.75) is 51.0 Å². The summed E-state index contributed by atoms with van der Waals surface area (Å²) in [6.45, 7) is 2.37. The van der Waals surface area contributed by atoms with Crippen LogP contribution in [0, 0.1) is 11.8 Å². The summed E-state index contributed by atoms with van der Waals surface area (Å²) in [6, 6.07) is 9.21. The first kappa shape index (κ1) is 14.7. The second kappa shape index (κ2) is 5.73. The average Bonchev–Trinajstić information content (AvgIpc) is 2.96. The molecule has 1 aromatic carbocycles. The Labute approximate surface area is 143 Å². The van der Waals surface area contributed by atoms with Crippen molar-refractivity contribution in [1.29, 1.82) is 0 Å². The molecule has 0 bridgehead atoms. The summed E-state index contributed by atoms with van der Waals surface area (Å²) in [5.74, 6) is 1.83. The quantitative estimate of drug-likeness (QED) is 0.787. The van der Waals surface area contributed by atoms with Crippen molar-refractivity contribution in [3.05, 3.63) is 35.5 Å². The molecule has 2 aromatic rings. The number of aromatic nitrogens is 1. The molecule has 126 valence electrons. The highest BCUT2D eigenvalue weighted by Crippen LogP contribution is 2.45. The summed E-state index contributed by atoms with van der Waals surface area (Å²) in [4.78, 5) is 18.6. The molecular weight excluding hydrogens is 296 g/mol. The van der Waals surface area contributed by atoms with Crippen LogP contribution in [0.5, 0.6) is 0 Å². The number of carbonyl (C=O) groups excluding carboxylic acids is 1. The van der Waals surface area contributed by atoms with Crippen molar-refractivity contribution < 1.29 is 4.79 Å². The Balaban J connectivity index is 1.50. The largest absolute Gasteiger partial charge is 0.357 e. The maximum Gasteiger partial charge on any atom is 0.133 e. The number of nitrogens with zero attached hydrogens (tertiary/aromatic N) is 1. The van der Waals surface area contributed by atoms with Gasteiger partial charge in [-0.15, -0.1) is 0 Å². The molecule has 2 fully saturated rings. The molecule has 3 atom stereocenters. The summed E-state index contributed by atoms with van der Waals surface area (Å²) < 4.78 is 0. The van der Waals surface area contributed by atoms with Crippen LogP contribution in [0.25, 0.3) is 10.9 Å². The third-order valence-electron chi connectivity index (χ3n) is 6.70. The number of para-hydroxylation sites is 1. The van der Waals surface area contributed by atoms with Crippen LogP contribution in [-0.2, 0) is 11.2 Å². The van der Waals surface area contributed by atoms with E-state index in [0.29, 0.717) is 17.7 Å². The molecular formula is C21H26N2O. The van der Waals surface area contributed by atoms with E-state index < -0.39 is 0 Å². The molecule has 3 heteroatoms. The Morgan fingerprint density at radius 1 is 1.08 bits per heavy atom. The molecule has 1 unspecified atom stereocenters. The van der Waals surface area contributed by atoms with Crippen LogP contribution in [0.15, 0.2) is 24.3 Å². The normalized spacial score (nSPS) is 31.0. The van der Waals surface area contributed by atoms with E-state index in [-0.39, 0.29) is 0 Å². The summed E-state index contributed by atoms with van der Waals surface area (Å²) in [6.07, 6.45) is 7.63. The van der Waals surface area contributed by atoms with E-state index in [1.165, 1.54) is 48.1 Å². The van der Waals surface area contributed by atoms with Gasteiger partial charge in [0.15, 0.2) is 0 Å². The van der Waals surface area contributed by atoms with Crippen molar-refractivity contribution in [3.8, 4) is 0 Å². The predicted octanol–water partition coefficient (Wildman–Crippen LogP) is 4.24. The number of carbonyl (C=O) groups is 1. The highest BCUT2D eigenvalue weighted by molar-refractivity contribution is 5.85. The minimum Gasteiger partial charge on any atom is -0.357 e. The maximum absolute atomic E-state index is 12.2. The lowest BCUT2D eigenvalue weighted by molar-refractivity contribution is -0.122. The van der Waals surface area contributed by atoms with Crippen LogP contribution in [0.2, 0.25) is 0 Å². The second-order valence-corrected chi connectivity index (χ2v) is 8.07. The fourth-order valence-electron chi connectivity index (χ4n) is 5.48. The number of H-pyrrole nitrogens is 1. The number of fused-ring (bicyclic) bond motifs is 6. The van der Waals surface area contributed by atoms with E-state index in [4.69, 9.17) is 0 Å². The molecule has 3 nitrogen and oxygen atoms in total. The van der Waals surface area contributed by atoms with Crippen LogP contribution < -0.4 is 0 Å². The molecule has 1 saturated carbocycles. The number of hydrogen-bond acceptors (Lipinski definition) is 2. The Morgan fingerprint density at radius 3 is 2.96 bits per heavy atom. The van der Waals surface area contributed by atoms with E-state index in [1.807, 2.05) is 0 Å². The van der Waals surface area contributed by atoms with Gasteiger partial charge in [0, 0.05) is 42.5 Å². The Bertz CT molecular complexity index is 777. The zero-order valence-corrected chi connectivity index (χ0v) is 14.3. The van der Waals surface area contributed by atoms with E-state index in [2.05, 4.69) is 34.1 Å². The van der Waals surface area contributed by atoms with Gasteiger partial charge in [0.2, 0.25) is 0 Å². The molecule has 2 aliphatic heterocycles. The number of hydrogen-bond donors (Lipinski definition) is 1. The number of benzene rings is 1. The average molecular weight is 322 g/mol. The first-order valence-electron chi connectivity index (χ1n) is 9.65.